The zero-order chi connectivity index (χ0) is 26.8. The molecule has 4 rings (SSSR count). The number of carbonyl (C=O) groups is 3. The largest absolute Gasteiger partial charge is 0.461 e. The zero-order valence-corrected chi connectivity index (χ0v) is 22.9. The Hall–Kier alpha value is -2.19. The highest BCUT2D eigenvalue weighted by molar-refractivity contribution is 5.99. The van der Waals surface area contributed by atoms with Crippen LogP contribution in [-0.2, 0) is 23.9 Å². The molecule has 2 fully saturated rings. The van der Waals surface area contributed by atoms with Gasteiger partial charge in [-0.05, 0) is 44.6 Å². The highest BCUT2D eigenvalue weighted by atomic mass is 16.6. The van der Waals surface area contributed by atoms with Crippen molar-refractivity contribution in [3.05, 3.63) is 24.3 Å². The first-order chi connectivity index (χ1) is 16.6. The predicted molar refractivity (Wildman–Crippen MR) is 135 cm³/mol. The van der Waals surface area contributed by atoms with Crippen molar-refractivity contribution in [2.24, 2.45) is 23.2 Å². The zero-order valence-electron chi connectivity index (χ0n) is 22.9. The van der Waals surface area contributed by atoms with Crippen LogP contribution in [0.2, 0.25) is 0 Å². The smallest absolute Gasteiger partial charge is 0.313 e. The SMILES string of the molecule is CC(C)[C@H](CO)N1C(=O)[C@@H]2[C@H]3C(=O)OCC=C[C@@]3(C)O[C@@]23C=CCN(C(C)(C)CC(C)(C)C)C(=O)C13. The van der Waals surface area contributed by atoms with Crippen LogP contribution in [0, 0.1) is 23.2 Å². The van der Waals surface area contributed by atoms with Crippen molar-refractivity contribution in [2.75, 3.05) is 19.8 Å². The van der Waals surface area contributed by atoms with Crippen molar-refractivity contribution >= 4 is 17.8 Å². The molecule has 1 spiro atoms. The van der Waals surface area contributed by atoms with E-state index < -0.39 is 46.6 Å². The number of nitrogens with zero attached hydrogens (tertiary/aromatic N) is 2. The molecule has 4 heterocycles. The standard InChI is InChI=1S/C28H42N2O6/c1-17(2)18(15-31)30-21-23(33)29(26(6,7)16-25(3,4)5)13-9-12-28(21)19(22(30)32)20-24(34)35-14-10-11-27(20,8)36-28/h9-12,17-21,31H,13-16H2,1-8H3/t18-,19-,20-,21?,27+,28-/m0/s1. The number of rotatable bonds is 5. The van der Waals surface area contributed by atoms with Gasteiger partial charge in [-0.15, -0.1) is 0 Å². The molecule has 0 aromatic rings. The van der Waals surface area contributed by atoms with Crippen LogP contribution in [0.4, 0.5) is 0 Å². The van der Waals surface area contributed by atoms with E-state index in [1.807, 2.05) is 44.7 Å². The number of ether oxygens (including phenoxy) is 2. The number of aliphatic hydroxyl groups excluding tert-OH is 1. The quantitative estimate of drug-likeness (QED) is 0.459. The number of esters is 1. The van der Waals surface area contributed by atoms with E-state index in [1.54, 1.807) is 19.1 Å². The van der Waals surface area contributed by atoms with E-state index in [0.29, 0.717) is 6.54 Å². The fourth-order valence-electron chi connectivity index (χ4n) is 7.21. The van der Waals surface area contributed by atoms with Gasteiger partial charge in [0.1, 0.15) is 24.2 Å². The second-order valence-corrected chi connectivity index (χ2v) is 13.2. The van der Waals surface area contributed by atoms with Crippen LogP contribution >= 0.6 is 0 Å². The third-order valence-electron chi connectivity index (χ3n) is 8.26. The van der Waals surface area contributed by atoms with E-state index in [9.17, 15) is 19.5 Å². The van der Waals surface area contributed by atoms with E-state index in [1.165, 1.54) is 4.90 Å². The molecule has 200 valence electrons. The summed E-state index contributed by atoms with van der Waals surface area (Å²) in [5.41, 5.74) is -2.97. The maximum absolute atomic E-state index is 14.6. The third kappa shape index (κ3) is 4.01. The Morgan fingerprint density at radius 2 is 1.72 bits per heavy atom. The van der Waals surface area contributed by atoms with E-state index >= 15 is 0 Å². The molecule has 2 amide bonds. The molecule has 0 aromatic heterocycles. The second-order valence-electron chi connectivity index (χ2n) is 13.2. The van der Waals surface area contributed by atoms with Crippen LogP contribution in [0.3, 0.4) is 0 Å². The first-order valence-electron chi connectivity index (χ1n) is 13.1. The van der Waals surface area contributed by atoms with Gasteiger partial charge in [0.2, 0.25) is 11.8 Å². The monoisotopic (exact) mass is 502 g/mol. The summed E-state index contributed by atoms with van der Waals surface area (Å²) in [6, 6.07) is -1.60. The van der Waals surface area contributed by atoms with Gasteiger partial charge in [0.05, 0.1) is 24.2 Å². The number of likely N-dealkylation sites (tertiary alicyclic amines) is 1. The maximum Gasteiger partial charge on any atom is 0.313 e. The van der Waals surface area contributed by atoms with Crippen LogP contribution < -0.4 is 0 Å². The van der Waals surface area contributed by atoms with Crippen molar-refractivity contribution in [2.45, 2.75) is 90.6 Å². The normalized spacial score (nSPS) is 35.4. The number of hydrogen-bond acceptors (Lipinski definition) is 6. The van der Waals surface area contributed by atoms with Gasteiger partial charge in [0, 0.05) is 12.1 Å². The number of cyclic esters (lactones) is 1. The summed E-state index contributed by atoms with van der Waals surface area (Å²) in [6.07, 6.45) is 8.01. The Balaban J connectivity index is 1.90. The fourth-order valence-corrected chi connectivity index (χ4v) is 7.21. The molecule has 8 heteroatoms. The molecule has 0 saturated carbocycles. The van der Waals surface area contributed by atoms with Crippen LogP contribution in [-0.4, -0.2) is 81.3 Å². The number of carbonyl (C=O) groups excluding carboxylic acids is 3. The van der Waals surface area contributed by atoms with Crippen LogP contribution in [0.5, 0.6) is 0 Å². The Morgan fingerprint density at radius 3 is 2.31 bits per heavy atom. The third-order valence-corrected chi connectivity index (χ3v) is 8.26. The van der Waals surface area contributed by atoms with E-state index in [2.05, 4.69) is 20.8 Å². The Kier molecular flexibility index (Phi) is 6.48. The second kappa shape index (κ2) is 8.69. The average molecular weight is 503 g/mol. The lowest BCUT2D eigenvalue weighted by Crippen LogP contribution is -2.62. The van der Waals surface area contributed by atoms with E-state index in [-0.39, 0.29) is 36.4 Å². The molecule has 8 nitrogen and oxygen atoms in total. The molecule has 6 atom stereocenters. The molecule has 0 bridgehead atoms. The minimum Gasteiger partial charge on any atom is -0.461 e. The van der Waals surface area contributed by atoms with Gasteiger partial charge in [-0.25, -0.2) is 0 Å². The van der Waals surface area contributed by atoms with Gasteiger partial charge >= 0.3 is 5.97 Å². The summed E-state index contributed by atoms with van der Waals surface area (Å²) < 4.78 is 12.2. The Bertz CT molecular complexity index is 994. The lowest BCUT2D eigenvalue weighted by Gasteiger charge is -2.46. The van der Waals surface area contributed by atoms with Crippen molar-refractivity contribution in [1.29, 1.82) is 0 Å². The van der Waals surface area contributed by atoms with E-state index in [0.717, 1.165) is 6.42 Å². The molecule has 1 N–H and O–H groups in total. The van der Waals surface area contributed by atoms with Gasteiger partial charge in [0.15, 0.2) is 0 Å². The molecule has 4 aliphatic rings. The van der Waals surface area contributed by atoms with Crippen molar-refractivity contribution < 1.29 is 29.0 Å². The Morgan fingerprint density at radius 1 is 1.06 bits per heavy atom. The summed E-state index contributed by atoms with van der Waals surface area (Å²) in [4.78, 5) is 45.4. The summed E-state index contributed by atoms with van der Waals surface area (Å²) in [7, 11) is 0. The van der Waals surface area contributed by atoms with Crippen LogP contribution in [0.15, 0.2) is 24.3 Å². The number of hydrogen-bond donors (Lipinski definition) is 1. The summed E-state index contributed by atoms with van der Waals surface area (Å²) >= 11 is 0. The molecule has 0 aromatic carbocycles. The molecular weight excluding hydrogens is 460 g/mol. The molecule has 36 heavy (non-hydrogen) atoms. The van der Waals surface area contributed by atoms with Crippen molar-refractivity contribution in [3.63, 3.8) is 0 Å². The van der Waals surface area contributed by atoms with Gasteiger partial charge in [0.25, 0.3) is 0 Å². The molecule has 2 saturated heterocycles. The fraction of sp³-hybridized carbons (Fsp3) is 0.750. The molecular formula is C28H42N2O6. The maximum atomic E-state index is 14.6. The van der Waals surface area contributed by atoms with Gasteiger partial charge < -0.3 is 24.4 Å². The predicted octanol–water partition coefficient (Wildman–Crippen LogP) is 2.70. The van der Waals surface area contributed by atoms with Crippen LogP contribution in [0.1, 0.15) is 61.8 Å². The number of aliphatic hydroxyl groups is 1. The molecule has 0 aliphatic carbocycles. The van der Waals surface area contributed by atoms with Crippen molar-refractivity contribution in [1.82, 2.24) is 9.80 Å². The highest BCUT2D eigenvalue weighted by Crippen LogP contribution is 2.58. The summed E-state index contributed by atoms with van der Waals surface area (Å²) in [5.74, 6) is -3.00. The minimum atomic E-state index is -1.34. The Labute approximate surface area is 214 Å². The lowest BCUT2D eigenvalue weighted by molar-refractivity contribution is -0.162. The minimum absolute atomic E-state index is 0.0319. The molecule has 0 radical (unpaired) electrons. The van der Waals surface area contributed by atoms with Gasteiger partial charge in [-0.1, -0.05) is 52.8 Å². The van der Waals surface area contributed by atoms with Gasteiger partial charge in [-0.3, -0.25) is 14.4 Å². The van der Waals surface area contributed by atoms with Gasteiger partial charge in [-0.2, -0.15) is 0 Å². The first kappa shape index (κ1) is 26.9. The van der Waals surface area contributed by atoms with Crippen LogP contribution in [0.25, 0.3) is 0 Å². The summed E-state index contributed by atoms with van der Waals surface area (Å²) in [6.45, 7) is 16.3. The lowest BCUT2D eigenvalue weighted by atomic mass is 9.74. The number of amides is 2. The number of fused-ring (bicyclic) bond motifs is 2. The van der Waals surface area contributed by atoms with Crippen molar-refractivity contribution in [3.8, 4) is 0 Å². The average Bonchev–Trinajstić information content (AvgIpc) is 2.97. The highest BCUT2D eigenvalue weighted by Gasteiger charge is 2.75. The molecule has 4 aliphatic heterocycles. The first-order valence-corrected chi connectivity index (χ1v) is 13.1. The topological polar surface area (TPSA) is 96.4 Å². The van der Waals surface area contributed by atoms with E-state index in [4.69, 9.17) is 9.47 Å². The summed E-state index contributed by atoms with van der Waals surface area (Å²) in [5, 5.41) is 10.4. The molecule has 1 unspecified atom stereocenters.